The molecule has 0 fully saturated rings. The predicted octanol–water partition coefficient (Wildman–Crippen LogP) is 2.88. The summed E-state index contributed by atoms with van der Waals surface area (Å²) in [5, 5.41) is 11.0. The fourth-order valence-corrected chi connectivity index (χ4v) is 2.22. The first-order chi connectivity index (χ1) is 8.06. The molecule has 0 unspecified atom stereocenters. The predicted molar refractivity (Wildman–Crippen MR) is 63.6 cm³/mol. The lowest BCUT2D eigenvalue weighted by Gasteiger charge is -1.99. The van der Waals surface area contributed by atoms with Crippen molar-refractivity contribution in [3.05, 3.63) is 40.7 Å². The first-order valence-electron chi connectivity index (χ1n) is 4.99. The summed E-state index contributed by atoms with van der Waals surface area (Å²) >= 11 is 1.32. The first-order valence-corrected chi connectivity index (χ1v) is 5.87. The highest BCUT2D eigenvalue weighted by atomic mass is 32.1. The van der Waals surface area contributed by atoms with E-state index in [0.29, 0.717) is 21.8 Å². The Morgan fingerprint density at radius 1 is 1.53 bits per heavy atom. The highest BCUT2D eigenvalue weighted by molar-refractivity contribution is 7.13. The summed E-state index contributed by atoms with van der Waals surface area (Å²) in [6, 6.07) is 4.88. The molecule has 0 aliphatic heterocycles. The van der Waals surface area contributed by atoms with E-state index in [4.69, 9.17) is 5.11 Å². The van der Waals surface area contributed by atoms with Gasteiger partial charge in [0.05, 0.1) is 12.1 Å². The minimum atomic E-state index is -0.920. The molecule has 2 aromatic rings. The summed E-state index contributed by atoms with van der Waals surface area (Å²) in [5.41, 5.74) is 1.75. The van der Waals surface area contributed by atoms with Crippen molar-refractivity contribution in [2.75, 3.05) is 0 Å². The number of thiazole rings is 1. The summed E-state index contributed by atoms with van der Waals surface area (Å²) in [5.74, 6) is -1.20. The van der Waals surface area contributed by atoms with Gasteiger partial charge in [0.25, 0.3) is 0 Å². The number of hydrogen-bond donors (Lipinski definition) is 1. The van der Waals surface area contributed by atoms with Gasteiger partial charge in [-0.2, -0.15) is 0 Å². The number of aromatic nitrogens is 1. The van der Waals surface area contributed by atoms with Crippen LogP contribution in [0, 0.1) is 12.7 Å². The topological polar surface area (TPSA) is 50.2 Å². The number of hydrogen-bond acceptors (Lipinski definition) is 3. The quantitative estimate of drug-likeness (QED) is 0.912. The average molecular weight is 251 g/mol. The smallest absolute Gasteiger partial charge is 0.309 e. The molecule has 1 aromatic heterocycles. The van der Waals surface area contributed by atoms with Crippen LogP contribution in [0.25, 0.3) is 10.6 Å². The van der Waals surface area contributed by atoms with E-state index in [2.05, 4.69) is 4.98 Å². The molecule has 1 aromatic carbocycles. The van der Waals surface area contributed by atoms with Crippen molar-refractivity contribution >= 4 is 17.3 Å². The summed E-state index contributed by atoms with van der Waals surface area (Å²) in [4.78, 5) is 14.7. The molecule has 0 aliphatic carbocycles. The Labute approximate surface area is 102 Å². The lowest BCUT2D eigenvalue weighted by Crippen LogP contribution is -1.99. The van der Waals surface area contributed by atoms with Gasteiger partial charge in [0.2, 0.25) is 0 Å². The van der Waals surface area contributed by atoms with Gasteiger partial charge >= 0.3 is 5.97 Å². The second kappa shape index (κ2) is 4.63. The normalized spacial score (nSPS) is 10.5. The fourth-order valence-electron chi connectivity index (χ4n) is 1.40. The summed E-state index contributed by atoms with van der Waals surface area (Å²) < 4.78 is 13.4. The third-order valence-corrected chi connectivity index (χ3v) is 3.24. The van der Waals surface area contributed by atoms with Crippen molar-refractivity contribution in [1.29, 1.82) is 0 Å². The summed E-state index contributed by atoms with van der Waals surface area (Å²) in [6.45, 7) is 1.69. The molecular weight excluding hydrogens is 241 g/mol. The van der Waals surface area contributed by atoms with Crippen molar-refractivity contribution in [2.45, 2.75) is 13.3 Å². The minimum Gasteiger partial charge on any atom is -0.481 e. The minimum absolute atomic E-state index is 0.106. The Bertz CT molecular complexity index is 565. The molecule has 0 atom stereocenters. The van der Waals surface area contributed by atoms with Crippen LogP contribution in [0.4, 0.5) is 4.39 Å². The van der Waals surface area contributed by atoms with E-state index < -0.39 is 5.97 Å². The molecule has 2 rings (SSSR count). The zero-order valence-corrected chi connectivity index (χ0v) is 9.92. The monoisotopic (exact) mass is 251 g/mol. The van der Waals surface area contributed by atoms with Gasteiger partial charge in [0.15, 0.2) is 0 Å². The molecule has 0 saturated heterocycles. The zero-order valence-electron chi connectivity index (χ0n) is 9.11. The molecule has 3 nitrogen and oxygen atoms in total. The Morgan fingerprint density at radius 2 is 2.29 bits per heavy atom. The molecule has 0 bridgehead atoms. The lowest BCUT2D eigenvalue weighted by atomic mass is 10.1. The Kier molecular flexibility index (Phi) is 3.19. The molecule has 5 heteroatoms. The van der Waals surface area contributed by atoms with Crippen molar-refractivity contribution in [3.63, 3.8) is 0 Å². The third kappa shape index (κ3) is 2.68. The maximum Gasteiger partial charge on any atom is 0.309 e. The van der Waals surface area contributed by atoms with E-state index in [0.717, 1.165) is 0 Å². The Morgan fingerprint density at radius 3 is 2.94 bits per heavy atom. The van der Waals surface area contributed by atoms with Crippen LogP contribution >= 0.6 is 11.3 Å². The van der Waals surface area contributed by atoms with Gasteiger partial charge in [0, 0.05) is 10.9 Å². The first kappa shape index (κ1) is 11.7. The average Bonchev–Trinajstić information content (AvgIpc) is 2.69. The largest absolute Gasteiger partial charge is 0.481 e. The Balaban J connectivity index is 2.30. The lowest BCUT2D eigenvalue weighted by molar-refractivity contribution is -0.136. The third-order valence-electron chi connectivity index (χ3n) is 2.30. The van der Waals surface area contributed by atoms with Gasteiger partial charge in [-0.1, -0.05) is 12.1 Å². The number of benzene rings is 1. The number of aliphatic carboxylic acids is 1. The van der Waals surface area contributed by atoms with Gasteiger partial charge < -0.3 is 5.11 Å². The van der Waals surface area contributed by atoms with Gasteiger partial charge in [0.1, 0.15) is 10.8 Å². The highest BCUT2D eigenvalue weighted by Crippen LogP contribution is 2.25. The highest BCUT2D eigenvalue weighted by Gasteiger charge is 2.09. The van der Waals surface area contributed by atoms with E-state index >= 15 is 0 Å². The second-order valence-corrected chi connectivity index (χ2v) is 4.54. The summed E-state index contributed by atoms with van der Waals surface area (Å²) in [7, 11) is 0. The van der Waals surface area contributed by atoms with Gasteiger partial charge in [-0.25, -0.2) is 9.37 Å². The molecular formula is C12H10FNO2S. The van der Waals surface area contributed by atoms with Crippen molar-refractivity contribution in [3.8, 4) is 10.6 Å². The van der Waals surface area contributed by atoms with Crippen LogP contribution in [0.15, 0.2) is 23.6 Å². The van der Waals surface area contributed by atoms with Crippen molar-refractivity contribution < 1.29 is 14.3 Å². The Hall–Kier alpha value is -1.75. The maximum absolute atomic E-state index is 13.4. The van der Waals surface area contributed by atoms with Crippen LogP contribution < -0.4 is 0 Å². The van der Waals surface area contributed by atoms with Crippen LogP contribution in [0.3, 0.4) is 0 Å². The molecule has 17 heavy (non-hydrogen) atoms. The SMILES string of the molecule is Cc1ccc(-c2nc(CC(=O)O)cs2)cc1F. The number of aryl methyl sites for hydroxylation is 1. The number of carboxylic acid groups (broad SMARTS) is 1. The zero-order chi connectivity index (χ0) is 12.4. The van der Waals surface area contributed by atoms with Crippen LogP contribution in [0.2, 0.25) is 0 Å². The van der Waals surface area contributed by atoms with E-state index in [-0.39, 0.29) is 12.2 Å². The molecule has 88 valence electrons. The molecule has 0 amide bonds. The van der Waals surface area contributed by atoms with Crippen LogP contribution in [0.1, 0.15) is 11.3 Å². The van der Waals surface area contributed by atoms with E-state index in [1.807, 2.05) is 0 Å². The molecule has 0 aliphatic rings. The fraction of sp³-hybridized carbons (Fsp3) is 0.167. The number of carbonyl (C=O) groups is 1. The van der Waals surface area contributed by atoms with E-state index in [9.17, 15) is 9.18 Å². The molecule has 1 N–H and O–H groups in total. The molecule has 1 heterocycles. The molecule has 0 spiro atoms. The second-order valence-electron chi connectivity index (χ2n) is 3.68. The number of nitrogens with zero attached hydrogens (tertiary/aromatic N) is 1. The standard InChI is InChI=1S/C12H10FNO2S/c1-7-2-3-8(4-10(7)13)12-14-9(6-17-12)5-11(15)16/h2-4,6H,5H2,1H3,(H,15,16). The number of halogens is 1. The number of rotatable bonds is 3. The van der Waals surface area contributed by atoms with Crippen LogP contribution in [-0.2, 0) is 11.2 Å². The van der Waals surface area contributed by atoms with Crippen molar-refractivity contribution in [2.24, 2.45) is 0 Å². The van der Waals surface area contributed by atoms with Gasteiger partial charge in [-0.05, 0) is 18.6 Å². The maximum atomic E-state index is 13.4. The van der Waals surface area contributed by atoms with Crippen LogP contribution in [-0.4, -0.2) is 16.1 Å². The van der Waals surface area contributed by atoms with Crippen LogP contribution in [0.5, 0.6) is 0 Å². The van der Waals surface area contributed by atoms with Gasteiger partial charge in [-0.3, -0.25) is 4.79 Å². The summed E-state index contributed by atoms with van der Waals surface area (Å²) in [6.07, 6.45) is -0.106. The van der Waals surface area contributed by atoms with Crippen molar-refractivity contribution in [1.82, 2.24) is 4.98 Å². The molecule has 0 saturated carbocycles. The van der Waals surface area contributed by atoms with Gasteiger partial charge in [-0.15, -0.1) is 11.3 Å². The van der Waals surface area contributed by atoms with E-state index in [1.54, 1.807) is 24.4 Å². The molecule has 0 radical (unpaired) electrons. The number of carboxylic acids is 1. The van der Waals surface area contributed by atoms with E-state index in [1.165, 1.54) is 17.4 Å².